The lowest BCUT2D eigenvalue weighted by Crippen LogP contribution is -1.94. The Bertz CT molecular complexity index is 603. The van der Waals surface area contributed by atoms with E-state index in [4.69, 9.17) is 16.7 Å². The molecule has 0 bridgehead atoms. The van der Waals surface area contributed by atoms with Crippen LogP contribution in [0.15, 0.2) is 60.7 Å². The molecule has 2 rings (SSSR count). The van der Waals surface area contributed by atoms with E-state index in [0.29, 0.717) is 5.02 Å². The van der Waals surface area contributed by atoms with Crippen molar-refractivity contribution in [2.75, 3.05) is 0 Å². The van der Waals surface area contributed by atoms with Crippen molar-refractivity contribution in [3.05, 3.63) is 76.8 Å². The van der Waals surface area contributed by atoms with E-state index >= 15 is 0 Å². The molecular formula is C16H13ClO2. The van der Waals surface area contributed by atoms with Crippen LogP contribution in [0, 0.1) is 0 Å². The molecule has 1 N–H and O–H groups in total. The highest BCUT2D eigenvalue weighted by molar-refractivity contribution is 6.30. The van der Waals surface area contributed by atoms with Gasteiger partial charge in [-0.25, -0.2) is 0 Å². The van der Waals surface area contributed by atoms with Gasteiger partial charge in [-0.15, -0.1) is 0 Å². The fraction of sp³-hybridized carbons (Fsp3) is 0.0625. The Morgan fingerprint density at radius 3 is 2.37 bits per heavy atom. The number of carbonyl (C=O) groups is 1. The minimum atomic E-state index is -0.851. The van der Waals surface area contributed by atoms with Crippen molar-refractivity contribution in [1.82, 2.24) is 0 Å². The maximum atomic E-state index is 10.8. The van der Waals surface area contributed by atoms with Crippen LogP contribution in [-0.2, 0) is 4.79 Å². The molecule has 0 aromatic heterocycles. The summed E-state index contributed by atoms with van der Waals surface area (Å²) in [6.45, 7) is 0. The molecule has 2 aromatic rings. The van der Waals surface area contributed by atoms with Gasteiger partial charge in [0.25, 0.3) is 0 Å². The van der Waals surface area contributed by atoms with E-state index in [2.05, 4.69) is 0 Å². The van der Waals surface area contributed by atoms with Gasteiger partial charge in [0, 0.05) is 5.02 Å². The quantitative estimate of drug-likeness (QED) is 0.903. The summed E-state index contributed by atoms with van der Waals surface area (Å²) in [5.41, 5.74) is 2.77. The predicted octanol–water partition coefficient (Wildman–Crippen LogP) is 4.25. The standard InChI is InChI=1S/C16H13ClO2/c17-14-8-4-7-13(11-14)15(9-10-16(18)19)12-5-2-1-3-6-12/h1-9,11H,10H2,(H,18,19)/b15-9-. The van der Waals surface area contributed by atoms with E-state index in [9.17, 15) is 4.79 Å². The fourth-order valence-corrected chi connectivity index (χ4v) is 2.06. The van der Waals surface area contributed by atoms with Gasteiger partial charge in [0.2, 0.25) is 0 Å². The normalized spacial score (nSPS) is 11.3. The Kier molecular flexibility index (Phi) is 4.37. The molecule has 3 heteroatoms. The first-order valence-electron chi connectivity index (χ1n) is 5.90. The van der Waals surface area contributed by atoms with E-state index in [1.807, 2.05) is 48.5 Å². The number of hydrogen-bond acceptors (Lipinski definition) is 1. The second-order valence-electron chi connectivity index (χ2n) is 4.09. The number of rotatable bonds is 4. The van der Waals surface area contributed by atoms with Gasteiger partial charge in [0.15, 0.2) is 0 Å². The third-order valence-corrected chi connectivity index (χ3v) is 2.94. The molecule has 96 valence electrons. The van der Waals surface area contributed by atoms with Gasteiger partial charge in [-0.05, 0) is 28.8 Å². The van der Waals surface area contributed by atoms with Crippen LogP contribution < -0.4 is 0 Å². The average Bonchev–Trinajstić information content (AvgIpc) is 2.40. The highest BCUT2D eigenvalue weighted by atomic mass is 35.5. The molecular weight excluding hydrogens is 260 g/mol. The van der Waals surface area contributed by atoms with Crippen molar-refractivity contribution in [3.8, 4) is 0 Å². The minimum absolute atomic E-state index is 0.0171. The molecule has 0 atom stereocenters. The van der Waals surface area contributed by atoms with Crippen molar-refractivity contribution in [1.29, 1.82) is 0 Å². The predicted molar refractivity (Wildman–Crippen MR) is 77.2 cm³/mol. The van der Waals surface area contributed by atoms with E-state index in [1.165, 1.54) is 0 Å². The molecule has 0 radical (unpaired) electrons. The Labute approximate surface area is 117 Å². The lowest BCUT2D eigenvalue weighted by atomic mass is 9.97. The van der Waals surface area contributed by atoms with Gasteiger partial charge in [-0.3, -0.25) is 4.79 Å². The Hall–Kier alpha value is -2.06. The molecule has 0 aliphatic carbocycles. The summed E-state index contributed by atoms with van der Waals surface area (Å²) in [6, 6.07) is 17.1. The van der Waals surface area contributed by atoms with Crippen LogP contribution in [0.3, 0.4) is 0 Å². The number of hydrogen-bond donors (Lipinski definition) is 1. The van der Waals surface area contributed by atoms with Crippen LogP contribution in [-0.4, -0.2) is 11.1 Å². The third kappa shape index (κ3) is 3.70. The van der Waals surface area contributed by atoms with Crippen LogP contribution in [0.5, 0.6) is 0 Å². The molecule has 0 amide bonds. The number of carboxylic acid groups (broad SMARTS) is 1. The zero-order valence-electron chi connectivity index (χ0n) is 10.2. The Balaban J connectivity index is 2.46. The lowest BCUT2D eigenvalue weighted by molar-refractivity contribution is -0.135. The second-order valence-corrected chi connectivity index (χ2v) is 4.53. The summed E-state index contributed by atoms with van der Waals surface area (Å²) >= 11 is 6.00. The molecule has 2 nitrogen and oxygen atoms in total. The lowest BCUT2D eigenvalue weighted by Gasteiger charge is -2.08. The van der Waals surface area contributed by atoms with Crippen molar-refractivity contribution < 1.29 is 9.90 Å². The first-order chi connectivity index (χ1) is 9.16. The Morgan fingerprint density at radius 1 is 1.05 bits per heavy atom. The minimum Gasteiger partial charge on any atom is -0.481 e. The summed E-state index contributed by atoms with van der Waals surface area (Å²) in [6.07, 6.45) is 1.69. The molecule has 0 spiro atoms. The van der Waals surface area contributed by atoms with Gasteiger partial charge < -0.3 is 5.11 Å². The monoisotopic (exact) mass is 272 g/mol. The molecule has 0 saturated carbocycles. The van der Waals surface area contributed by atoms with Crippen LogP contribution in [0.25, 0.3) is 5.57 Å². The van der Waals surface area contributed by atoms with Gasteiger partial charge in [0.1, 0.15) is 0 Å². The zero-order chi connectivity index (χ0) is 13.7. The first kappa shape index (κ1) is 13.4. The number of benzene rings is 2. The van der Waals surface area contributed by atoms with Crippen molar-refractivity contribution in [3.63, 3.8) is 0 Å². The number of halogens is 1. The van der Waals surface area contributed by atoms with E-state index in [1.54, 1.807) is 12.1 Å². The molecule has 0 unspecified atom stereocenters. The largest absolute Gasteiger partial charge is 0.481 e. The molecule has 19 heavy (non-hydrogen) atoms. The molecule has 0 aliphatic rings. The summed E-state index contributed by atoms with van der Waals surface area (Å²) in [7, 11) is 0. The van der Waals surface area contributed by atoms with E-state index < -0.39 is 5.97 Å². The van der Waals surface area contributed by atoms with Gasteiger partial charge in [0.05, 0.1) is 6.42 Å². The van der Waals surface area contributed by atoms with Crippen molar-refractivity contribution in [2.24, 2.45) is 0 Å². The van der Waals surface area contributed by atoms with Gasteiger partial charge >= 0.3 is 5.97 Å². The van der Waals surface area contributed by atoms with E-state index in [0.717, 1.165) is 16.7 Å². The topological polar surface area (TPSA) is 37.3 Å². The second kappa shape index (κ2) is 6.21. The molecule has 0 saturated heterocycles. The zero-order valence-corrected chi connectivity index (χ0v) is 11.0. The van der Waals surface area contributed by atoms with Crippen molar-refractivity contribution in [2.45, 2.75) is 6.42 Å². The summed E-state index contributed by atoms with van der Waals surface area (Å²) in [5.74, 6) is -0.851. The van der Waals surface area contributed by atoms with E-state index in [-0.39, 0.29) is 6.42 Å². The summed E-state index contributed by atoms with van der Waals surface area (Å²) in [5, 5.41) is 9.47. The SMILES string of the molecule is O=C(O)C/C=C(/c1ccccc1)c1cccc(Cl)c1. The number of aliphatic carboxylic acids is 1. The molecule has 2 aromatic carbocycles. The highest BCUT2D eigenvalue weighted by Crippen LogP contribution is 2.25. The van der Waals surface area contributed by atoms with Crippen LogP contribution in [0.1, 0.15) is 17.5 Å². The number of carboxylic acids is 1. The van der Waals surface area contributed by atoms with Gasteiger partial charge in [-0.1, -0.05) is 60.1 Å². The molecule has 0 heterocycles. The maximum absolute atomic E-state index is 10.8. The fourth-order valence-electron chi connectivity index (χ4n) is 1.87. The summed E-state index contributed by atoms with van der Waals surface area (Å²) < 4.78 is 0. The Morgan fingerprint density at radius 2 is 1.74 bits per heavy atom. The smallest absolute Gasteiger partial charge is 0.307 e. The average molecular weight is 273 g/mol. The summed E-state index contributed by atoms with van der Waals surface area (Å²) in [4.78, 5) is 10.8. The first-order valence-corrected chi connectivity index (χ1v) is 6.28. The van der Waals surface area contributed by atoms with Crippen LogP contribution in [0.2, 0.25) is 5.02 Å². The van der Waals surface area contributed by atoms with Gasteiger partial charge in [-0.2, -0.15) is 0 Å². The maximum Gasteiger partial charge on any atom is 0.307 e. The van der Waals surface area contributed by atoms with Crippen molar-refractivity contribution >= 4 is 23.1 Å². The third-order valence-electron chi connectivity index (χ3n) is 2.70. The molecule has 0 fully saturated rings. The van der Waals surface area contributed by atoms with Crippen LogP contribution in [0.4, 0.5) is 0 Å². The highest BCUT2D eigenvalue weighted by Gasteiger charge is 2.06. The molecule has 0 aliphatic heterocycles. The van der Waals surface area contributed by atoms with Crippen LogP contribution >= 0.6 is 11.6 Å².